The number of benzene rings is 1. The zero-order valence-electron chi connectivity index (χ0n) is 12.8. The van der Waals surface area contributed by atoms with E-state index in [9.17, 15) is 9.90 Å². The molecule has 0 aromatic heterocycles. The molecule has 2 N–H and O–H groups in total. The van der Waals surface area contributed by atoms with Crippen molar-refractivity contribution >= 4 is 23.2 Å². The third kappa shape index (κ3) is 3.96. The van der Waals surface area contributed by atoms with E-state index in [0.29, 0.717) is 10.7 Å². The Morgan fingerprint density at radius 2 is 2.00 bits per heavy atom. The van der Waals surface area contributed by atoms with Gasteiger partial charge in [-0.15, -0.1) is 0 Å². The number of anilines is 1. The molecule has 1 unspecified atom stereocenters. The van der Waals surface area contributed by atoms with Crippen molar-refractivity contribution in [1.82, 2.24) is 4.90 Å². The van der Waals surface area contributed by atoms with Crippen molar-refractivity contribution in [3.63, 3.8) is 0 Å². The largest absolute Gasteiger partial charge is 0.393 e. The van der Waals surface area contributed by atoms with E-state index in [-0.39, 0.29) is 18.1 Å². The third-order valence-electron chi connectivity index (χ3n) is 4.11. The molecule has 1 atom stereocenters. The lowest BCUT2D eigenvalue weighted by molar-refractivity contribution is -0.121. The van der Waals surface area contributed by atoms with Crippen LogP contribution in [0.3, 0.4) is 0 Å². The Balaban J connectivity index is 2.04. The normalized spacial score (nSPS) is 18.5. The Morgan fingerprint density at radius 1 is 1.38 bits per heavy atom. The van der Waals surface area contributed by atoms with Crippen LogP contribution in [0.15, 0.2) is 12.1 Å². The van der Waals surface area contributed by atoms with Gasteiger partial charge in [-0.2, -0.15) is 0 Å². The number of rotatable bonds is 3. The lowest BCUT2D eigenvalue weighted by Gasteiger charge is -2.33. The number of aliphatic hydroxyl groups excluding tert-OH is 1. The summed E-state index contributed by atoms with van der Waals surface area (Å²) in [4.78, 5) is 14.5. The minimum absolute atomic E-state index is 0.0553. The molecule has 1 aliphatic rings. The number of nitrogens with one attached hydrogen (secondary N) is 1. The number of hydrogen-bond donors (Lipinski definition) is 2. The van der Waals surface area contributed by atoms with E-state index in [4.69, 9.17) is 11.6 Å². The highest BCUT2D eigenvalue weighted by Gasteiger charge is 2.26. The number of piperidine rings is 1. The first-order valence-corrected chi connectivity index (χ1v) is 7.76. The standard InChI is InChI=1S/C16H23ClN2O2/c1-10-8-11(2)15(14(17)9-10)18-16(21)12(3)19-6-4-13(20)5-7-19/h8-9,12-13,20H,4-7H2,1-3H3,(H,18,21). The predicted molar refractivity (Wildman–Crippen MR) is 85.8 cm³/mol. The molecule has 0 aliphatic carbocycles. The van der Waals surface area contributed by atoms with E-state index in [2.05, 4.69) is 10.2 Å². The van der Waals surface area contributed by atoms with Gasteiger partial charge in [0.2, 0.25) is 5.91 Å². The van der Waals surface area contributed by atoms with Crippen molar-refractivity contribution < 1.29 is 9.90 Å². The van der Waals surface area contributed by atoms with E-state index in [1.165, 1.54) is 0 Å². The Bertz CT molecular complexity index is 502. The van der Waals surface area contributed by atoms with Crippen LogP contribution in [0.25, 0.3) is 0 Å². The molecule has 21 heavy (non-hydrogen) atoms. The van der Waals surface area contributed by atoms with Crippen molar-refractivity contribution in [2.24, 2.45) is 0 Å². The van der Waals surface area contributed by atoms with Gasteiger partial charge in [0, 0.05) is 13.1 Å². The lowest BCUT2D eigenvalue weighted by atomic mass is 10.1. The third-order valence-corrected chi connectivity index (χ3v) is 4.40. The van der Waals surface area contributed by atoms with Crippen molar-refractivity contribution in [2.45, 2.75) is 45.8 Å². The maximum Gasteiger partial charge on any atom is 0.241 e. The average molecular weight is 311 g/mol. The summed E-state index contributed by atoms with van der Waals surface area (Å²) in [5.41, 5.74) is 2.74. The maximum atomic E-state index is 12.4. The highest BCUT2D eigenvalue weighted by molar-refractivity contribution is 6.34. The summed E-state index contributed by atoms with van der Waals surface area (Å²) in [5.74, 6) is -0.0553. The van der Waals surface area contributed by atoms with Gasteiger partial charge in [-0.25, -0.2) is 0 Å². The van der Waals surface area contributed by atoms with Gasteiger partial charge < -0.3 is 10.4 Å². The van der Waals surface area contributed by atoms with Crippen molar-refractivity contribution in [3.8, 4) is 0 Å². The van der Waals surface area contributed by atoms with E-state index in [1.807, 2.05) is 32.9 Å². The first-order chi connectivity index (χ1) is 9.88. The summed E-state index contributed by atoms with van der Waals surface area (Å²) in [7, 11) is 0. The molecule has 1 amide bonds. The molecule has 5 heteroatoms. The molecule has 2 rings (SSSR count). The fourth-order valence-corrected chi connectivity index (χ4v) is 3.11. The van der Waals surface area contributed by atoms with Crippen LogP contribution in [0.2, 0.25) is 5.02 Å². The van der Waals surface area contributed by atoms with Crippen LogP contribution >= 0.6 is 11.6 Å². The molecule has 0 bridgehead atoms. The van der Waals surface area contributed by atoms with Crippen LogP contribution in [-0.2, 0) is 4.79 Å². The molecule has 1 aromatic rings. The number of carbonyl (C=O) groups excluding carboxylic acids is 1. The number of aryl methyl sites for hydroxylation is 2. The average Bonchev–Trinajstić information content (AvgIpc) is 2.42. The second kappa shape index (κ2) is 6.77. The van der Waals surface area contributed by atoms with Gasteiger partial charge in [-0.05, 0) is 50.8 Å². The molecule has 1 heterocycles. The molecule has 0 radical (unpaired) electrons. The molecule has 1 aromatic carbocycles. The first-order valence-electron chi connectivity index (χ1n) is 7.38. The maximum absolute atomic E-state index is 12.4. The molecule has 4 nitrogen and oxygen atoms in total. The Hall–Kier alpha value is -1.10. The van der Waals surface area contributed by atoms with Crippen molar-refractivity contribution in [1.29, 1.82) is 0 Å². The fourth-order valence-electron chi connectivity index (χ4n) is 2.74. The smallest absolute Gasteiger partial charge is 0.241 e. The number of amides is 1. The zero-order chi connectivity index (χ0) is 15.6. The molecule has 1 aliphatic heterocycles. The van der Waals surface area contributed by atoms with Gasteiger partial charge in [0.15, 0.2) is 0 Å². The SMILES string of the molecule is Cc1cc(C)c(NC(=O)C(C)N2CCC(O)CC2)c(Cl)c1. The van der Waals surface area contributed by atoms with Gasteiger partial charge in [-0.3, -0.25) is 9.69 Å². The number of nitrogens with zero attached hydrogens (tertiary/aromatic N) is 1. The second-order valence-electron chi connectivity index (χ2n) is 5.87. The topological polar surface area (TPSA) is 52.6 Å². The van der Waals surface area contributed by atoms with Crippen LogP contribution in [0.1, 0.15) is 30.9 Å². The highest BCUT2D eigenvalue weighted by Crippen LogP contribution is 2.27. The van der Waals surface area contributed by atoms with Crippen LogP contribution in [0, 0.1) is 13.8 Å². The van der Waals surface area contributed by atoms with Gasteiger partial charge >= 0.3 is 0 Å². The Morgan fingerprint density at radius 3 is 2.57 bits per heavy atom. The molecule has 1 fully saturated rings. The second-order valence-corrected chi connectivity index (χ2v) is 6.28. The summed E-state index contributed by atoms with van der Waals surface area (Å²) in [6, 6.07) is 3.63. The van der Waals surface area contributed by atoms with Gasteiger partial charge in [-0.1, -0.05) is 17.7 Å². The van der Waals surface area contributed by atoms with Gasteiger partial charge in [0.05, 0.1) is 22.9 Å². The summed E-state index contributed by atoms with van der Waals surface area (Å²) in [6.07, 6.45) is 1.22. The van der Waals surface area contributed by atoms with E-state index in [1.54, 1.807) is 0 Å². The number of carbonyl (C=O) groups is 1. The number of halogens is 1. The van der Waals surface area contributed by atoms with Gasteiger partial charge in [0.25, 0.3) is 0 Å². The molecule has 116 valence electrons. The number of hydrogen-bond acceptors (Lipinski definition) is 3. The van der Waals surface area contributed by atoms with Crippen LogP contribution < -0.4 is 5.32 Å². The monoisotopic (exact) mass is 310 g/mol. The molecular weight excluding hydrogens is 288 g/mol. The first kappa shape index (κ1) is 16.3. The summed E-state index contributed by atoms with van der Waals surface area (Å²) in [5, 5.41) is 13.0. The fraction of sp³-hybridized carbons (Fsp3) is 0.562. The molecule has 0 spiro atoms. The van der Waals surface area contributed by atoms with Crippen molar-refractivity contribution in [3.05, 3.63) is 28.3 Å². The quantitative estimate of drug-likeness (QED) is 0.902. The summed E-state index contributed by atoms with van der Waals surface area (Å²) in [6.45, 7) is 7.31. The summed E-state index contributed by atoms with van der Waals surface area (Å²) >= 11 is 6.23. The lowest BCUT2D eigenvalue weighted by Crippen LogP contribution is -2.47. The molecular formula is C16H23ClN2O2. The minimum atomic E-state index is -0.231. The van der Waals surface area contributed by atoms with E-state index >= 15 is 0 Å². The summed E-state index contributed by atoms with van der Waals surface area (Å²) < 4.78 is 0. The molecule has 0 saturated carbocycles. The van der Waals surface area contributed by atoms with Crippen molar-refractivity contribution in [2.75, 3.05) is 18.4 Å². The van der Waals surface area contributed by atoms with Gasteiger partial charge in [0.1, 0.15) is 0 Å². The predicted octanol–water partition coefficient (Wildman–Crippen LogP) is 2.74. The zero-order valence-corrected chi connectivity index (χ0v) is 13.6. The highest BCUT2D eigenvalue weighted by atomic mass is 35.5. The van der Waals surface area contributed by atoms with Crippen LogP contribution in [-0.4, -0.2) is 41.1 Å². The molecule has 1 saturated heterocycles. The van der Waals surface area contributed by atoms with E-state index < -0.39 is 0 Å². The van der Waals surface area contributed by atoms with E-state index in [0.717, 1.165) is 37.1 Å². The Kier molecular flexibility index (Phi) is 5.25. The minimum Gasteiger partial charge on any atom is -0.393 e. The number of likely N-dealkylation sites (tertiary alicyclic amines) is 1. The van der Waals surface area contributed by atoms with Crippen LogP contribution in [0.5, 0.6) is 0 Å². The Labute approximate surface area is 131 Å². The number of aliphatic hydroxyl groups is 1. The van der Waals surface area contributed by atoms with Crippen LogP contribution in [0.4, 0.5) is 5.69 Å².